The highest BCUT2D eigenvalue weighted by atomic mass is 79.9. The summed E-state index contributed by atoms with van der Waals surface area (Å²) in [5.74, 6) is 0.588. The number of aliphatic hydroxyl groups is 1. The molecule has 0 spiro atoms. The van der Waals surface area contributed by atoms with Gasteiger partial charge in [-0.05, 0) is 25.2 Å². The zero-order valence-corrected chi connectivity index (χ0v) is 9.94. The lowest BCUT2D eigenvalue weighted by molar-refractivity contribution is 0.0788. The molecule has 2 aliphatic carbocycles. The summed E-state index contributed by atoms with van der Waals surface area (Å²) < 4.78 is -0.0312. The van der Waals surface area contributed by atoms with Crippen LogP contribution in [0.3, 0.4) is 0 Å². The molecule has 3 heteroatoms. The summed E-state index contributed by atoms with van der Waals surface area (Å²) in [6.07, 6.45) is 7.01. The van der Waals surface area contributed by atoms with Crippen LogP contribution in [0.25, 0.3) is 0 Å². The van der Waals surface area contributed by atoms with Crippen molar-refractivity contribution in [2.24, 2.45) is 5.92 Å². The lowest BCUT2D eigenvalue weighted by Gasteiger charge is -2.27. The van der Waals surface area contributed by atoms with Crippen molar-refractivity contribution < 1.29 is 5.11 Å². The number of alkyl halides is 2. The zero-order chi connectivity index (χ0) is 8.82. The topological polar surface area (TPSA) is 20.2 Å². The zero-order valence-electron chi connectivity index (χ0n) is 6.76. The van der Waals surface area contributed by atoms with Gasteiger partial charge < -0.3 is 5.11 Å². The van der Waals surface area contributed by atoms with Gasteiger partial charge in [-0.25, -0.2) is 0 Å². The first-order valence-corrected chi connectivity index (χ1v) is 6.19. The molecule has 0 saturated heterocycles. The average Bonchev–Trinajstić information content (AvgIpc) is 2.52. The molecule has 12 heavy (non-hydrogen) atoms. The van der Waals surface area contributed by atoms with Crippen LogP contribution in [-0.2, 0) is 0 Å². The highest BCUT2D eigenvalue weighted by Gasteiger charge is 2.63. The van der Waals surface area contributed by atoms with Gasteiger partial charge in [0.1, 0.15) is 0 Å². The Balaban J connectivity index is 2.14. The maximum atomic E-state index is 10.2. The minimum atomic E-state index is -0.578. The fourth-order valence-corrected chi connectivity index (χ4v) is 4.12. The van der Waals surface area contributed by atoms with Gasteiger partial charge >= 0.3 is 0 Å². The molecule has 0 aromatic heterocycles. The molecule has 1 N–H and O–H groups in total. The quantitative estimate of drug-likeness (QED) is 0.613. The van der Waals surface area contributed by atoms with E-state index in [0.717, 1.165) is 24.6 Å². The molecule has 0 bridgehead atoms. The highest BCUT2D eigenvalue weighted by Crippen LogP contribution is 2.61. The third kappa shape index (κ3) is 1.13. The van der Waals surface area contributed by atoms with E-state index in [-0.39, 0.29) is 4.32 Å². The van der Waals surface area contributed by atoms with Gasteiger partial charge in [-0.3, -0.25) is 0 Å². The molecule has 0 heterocycles. The summed E-state index contributed by atoms with van der Waals surface area (Å²) in [6, 6.07) is 0. The fraction of sp³-hybridized carbons (Fsp3) is 0.778. The van der Waals surface area contributed by atoms with Gasteiger partial charge in [0.15, 0.2) is 0 Å². The van der Waals surface area contributed by atoms with Crippen molar-refractivity contribution in [3.8, 4) is 0 Å². The normalized spacial score (nSPS) is 51.4. The van der Waals surface area contributed by atoms with Crippen molar-refractivity contribution >= 4 is 31.9 Å². The van der Waals surface area contributed by atoms with Crippen molar-refractivity contribution in [2.75, 3.05) is 5.33 Å². The van der Waals surface area contributed by atoms with E-state index in [1.807, 2.05) is 6.08 Å². The van der Waals surface area contributed by atoms with Crippen molar-refractivity contribution in [1.29, 1.82) is 0 Å². The molecule has 1 nitrogen and oxygen atoms in total. The molecule has 1 fully saturated rings. The van der Waals surface area contributed by atoms with Crippen LogP contribution in [0, 0.1) is 5.92 Å². The standard InChI is InChI=1S/C9H12Br2O/c10-6-7-5-9(7,11)8(12)3-1-2-4-8/h1,3,7,12H,2,4-6H2. The van der Waals surface area contributed by atoms with E-state index >= 15 is 0 Å². The maximum Gasteiger partial charge on any atom is 0.0986 e. The summed E-state index contributed by atoms with van der Waals surface area (Å²) in [5.41, 5.74) is -0.578. The number of hydrogen-bond donors (Lipinski definition) is 1. The van der Waals surface area contributed by atoms with E-state index in [0.29, 0.717) is 5.92 Å². The lowest BCUT2D eigenvalue weighted by atomic mass is 9.96. The second-order valence-electron chi connectivity index (χ2n) is 3.78. The van der Waals surface area contributed by atoms with Crippen LogP contribution >= 0.6 is 31.9 Å². The first kappa shape index (κ1) is 9.22. The molecule has 2 rings (SSSR count). The lowest BCUT2D eigenvalue weighted by Crippen LogP contribution is -2.38. The largest absolute Gasteiger partial charge is 0.384 e. The van der Waals surface area contributed by atoms with E-state index in [1.165, 1.54) is 0 Å². The van der Waals surface area contributed by atoms with Gasteiger partial charge in [-0.15, -0.1) is 0 Å². The predicted octanol–water partition coefficient (Wildman–Crippen LogP) is 2.62. The van der Waals surface area contributed by atoms with E-state index in [2.05, 4.69) is 37.9 Å². The minimum absolute atomic E-state index is 0.0312. The molecule has 68 valence electrons. The van der Waals surface area contributed by atoms with Gasteiger partial charge in [-0.2, -0.15) is 0 Å². The predicted molar refractivity (Wildman–Crippen MR) is 56.9 cm³/mol. The molecule has 0 aliphatic heterocycles. The Morgan fingerprint density at radius 1 is 1.58 bits per heavy atom. The van der Waals surface area contributed by atoms with Crippen LogP contribution in [0.4, 0.5) is 0 Å². The fourth-order valence-electron chi connectivity index (χ4n) is 2.02. The van der Waals surface area contributed by atoms with Crippen LogP contribution in [0.1, 0.15) is 19.3 Å². The van der Waals surface area contributed by atoms with E-state index < -0.39 is 5.60 Å². The van der Waals surface area contributed by atoms with Crippen molar-refractivity contribution in [3.63, 3.8) is 0 Å². The average molecular weight is 296 g/mol. The first-order valence-electron chi connectivity index (χ1n) is 4.27. The Bertz CT molecular complexity index is 229. The monoisotopic (exact) mass is 294 g/mol. The smallest absolute Gasteiger partial charge is 0.0986 e. The maximum absolute atomic E-state index is 10.2. The van der Waals surface area contributed by atoms with Crippen LogP contribution in [0.2, 0.25) is 0 Å². The number of halogens is 2. The van der Waals surface area contributed by atoms with Crippen molar-refractivity contribution in [1.82, 2.24) is 0 Å². The van der Waals surface area contributed by atoms with Crippen LogP contribution in [-0.4, -0.2) is 20.4 Å². The molecule has 0 radical (unpaired) electrons. The molecule has 3 atom stereocenters. The third-order valence-electron chi connectivity index (χ3n) is 3.02. The Kier molecular flexibility index (Phi) is 2.17. The molecule has 1 saturated carbocycles. The number of rotatable bonds is 2. The molecule has 0 amide bonds. The second-order valence-corrected chi connectivity index (χ2v) is 5.85. The molecule has 0 aromatic rings. The molecular formula is C9H12Br2O. The van der Waals surface area contributed by atoms with Gasteiger partial charge in [0.05, 0.1) is 9.93 Å². The summed E-state index contributed by atoms with van der Waals surface area (Å²) >= 11 is 7.13. The van der Waals surface area contributed by atoms with Crippen molar-refractivity contribution in [2.45, 2.75) is 29.2 Å². The molecule has 3 unspecified atom stereocenters. The Morgan fingerprint density at radius 2 is 2.33 bits per heavy atom. The molecule has 2 aliphatic rings. The molecule has 0 aromatic carbocycles. The number of hydrogen-bond acceptors (Lipinski definition) is 1. The van der Waals surface area contributed by atoms with E-state index in [4.69, 9.17) is 0 Å². The van der Waals surface area contributed by atoms with Gasteiger partial charge in [0, 0.05) is 5.33 Å². The van der Waals surface area contributed by atoms with Gasteiger partial charge in [-0.1, -0.05) is 44.0 Å². The summed E-state index contributed by atoms with van der Waals surface area (Å²) in [5, 5.41) is 11.2. The summed E-state index contributed by atoms with van der Waals surface area (Å²) in [7, 11) is 0. The Hall–Kier alpha value is 0.660. The highest BCUT2D eigenvalue weighted by molar-refractivity contribution is 9.10. The van der Waals surface area contributed by atoms with E-state index in [9.17, 15) is 5.11 Å². The van der Waals surface area contributed by atoms with Crippen LogP contribution < -0.4 is 0 Å². The SMILES string of the molecule is OC1(C2(Br)CC2CBr)C=CCC1. The third-order valence-corrected chi connectivity index (χ3v) is 5.46. The van der Waals surface area contributed by atoms with Crippen LogP contribution in [0.5, 0.6) is 0 Å². The summed E-state index contributed by atoms with van der Waals surface area (Å²) in [4.78, 5) is 0. The van der Waals surface area contributed by atoms with Gasteiger partial charge in [0.25, 0.3) is 0 Å². The van der Waals surface area contributed by atoms with Crippen LogP contribution in [0.15, 0.2) is 12.2 Å². The van der Waals surface area contributed by atoms with Gasteiger partial charge in [0.2, 0.25) is 0 Å². The Morgan fingerprint density at radius 3 is 2.75 bits per heavy atom. The number of allylic oxidation sites excluding steroid dienone is 1. The van der Waals surface area contributed by atoms with Crippen molar-refractivity contribution in [3.05, 3.63) is 12.2 Å². The summed E-state index contributed by atoms with van der Waals surface area (Å²) in [6.45, 7) is 0. The van der Waals surface area contributed by atoms with E-state index in [1.54, 1.807) is 0 Å². The molecular weight excluding hydrogens is 284 g/mol. The second kappa shape index (κ2) is 2.82. The first-order chi connectivity index (χ1) is 5.62. The minimum Gasteiger partial charge on any atom is -0.384 e. The Labute approximate surface area is 89.5 Å².